The summed E-state index contributed by atoms with van der Waals surface area (Å²) in [7, 11) is 0. The van der Waals surface area contributed by atoms with Crippen molar-refractivity contribution in [2.24, 2.45) is 0 Å². The molecule has 0 fully saturated rings. The molecule has 2 heterocycles. The van der Waals surface area contributed by atoms with Gasteiger partial charge in [0.2, 0.25) is 0 Å². The van der Waals surface area contributed by atoms with Crippen LogP contribution in [0.25, 0.3) is 85.9 Å². The molecule has 0 aliphatic heterocycles. The first-order chi connectivity index (χ1) is 26.3. The maximum Gasteiger partial charge on any atom is 0.144 e. The summed E-state index contributed by atoms with van der Waals surface area (Å²) < 4.78 is 9.10. The molecule has 0 spiro atoms. The molecule has 11 rings (SSSR count). The minimum absolute atomic E-state index is 0.914. The summed E-state index contributed by atoms with van der Waals surface area (Å²) in [6, 6.07) is 68.0. The average Bonchev–Trinajstić information content (AvgIpc) is 3.81. The van der Waals surface area contributed by atoms with Crippen molar-refractivity contribution in [1.82, 2.24) is 0 Å². The van der Waals surface area contributed by atoms with Gasteiger partial charge in [0.15, 0.2) is 0 Å². The van der Waals surface area contributed by atoms with E-state index in [4.69, 9.17) is 4.42 Å². The van der Waals surface area contributed by atoms with Gasteiger partial charge in [-0.05, 0) is 104 Å². The number of para-hydroxylation sites is 1. The lowest BCUT2D eigenvalue weighted by Gasteiger charge is -2.27. The van der Waals surface area contributed by atoms with Crippen LogP contribution >= 0.6 is 11.3 Å². The quantitative estimate of drug-likeness (QED) is 0.167. The van der Waals surface area contributed by atoms with Crippen LogP contribution in [0.1, 0.15) is 0 Å². The molecular weight excluding hydrogens is 663 g/mol. The van der Waals surface area contributed by atoms with E-state index >= 15 is 0 Å². The molecule has 0 saturated heterocycles. The Kier molecular flexibility index (Phi) is 6.76. The second-order valence-corrected chi connectivity index (χ2v) is 14.8. The molecule has 11 aromatic rings. The Morgan fingerprint density at radius 3 is 1.79 bits per heavy atom. The Balaban J connectivity index is 1.09. The molecule has 2 nitrogen and oxygen atoms in total. The number of nitrogens with zero attached hydrogens (tertiary/aromatic N) is 1. The minimum Gasteiger partial charge on any atom is -0.455 e. The highest BCUT2D eigenvalue weighted by molar-refractivity contribution is 7.26. The van der Waals surface area contributed by atoms with Gasteiger partial charge in [-0.3, -0.25) is 0 Å². The van der Waals surface area contributed by atoms with Gasteiger partial charge in [0.05, 0.1) is 5.69 Å². The van der Waals surface area contributed by atoms with Crippen LogP contribution < -0.4 is 4.90 Å². The zero-order valence-corrected chi connectivity index (χ0v) is 29.5. The van der Waals surface area contributed by atoms with Crippen LogP contribution in [0, 0.1) is 0 Å². The zero-order valence-electron chi connectivity index (χ0n) is 28.7. The number of thiophene rings is 1. The van der Waals surface area contributed by atoms with Gasteiger partial charge < -0.3 is 9.32 Å². The van der Waals surface area contributed by atoms with Crippen molar-refractivity contribution in [3.05, 3.63) is 188 Å². The molecule has 53 heavy (non-hydrogen) atoms. The van der Waals surface area contributed by atoms with E-state index in [9.17, 15) is 0 Å². The molecule has 0 radical (unpaired) electrons. The smallest absolute Gasteiger partial charge is 0.144 e. The molecule has 2 aromatic heterocycles. The highest BCUT2D eigenvalue weighted by atomic mass is 32.1. The van der Waals surface area contributed by atoms with Gasteiger partial charge in [-0.2, -0.15) is 0 Å². The van der Waals surface area contributed by atoms with Crippen molar-refractivity contribution < 1.29 is 4.42 Å². The van der Waals surface area contributed by atoms with Crippen LogP contribution in [-0.4, -0.2) is 0 Å². The number of fused-ring (bicyclic) bond motifs is 10. The first kappa shape index (κ1) is 30.0. The topological polar surface area (TPSA) is 16.4 Å². The number of anilines is 3. The third kappa shape index (κ3) is 4.86. The number of hydrogen-bond acceptors (Lipinski definition) is 3. The van der Waals surface area contributed by atoms with E-state index in [1.54, 1.807) is 0 Å². The van der Waals surface area contributed by atoms with Crippen molar-refractivity contribution in [3.63, 3.8) is 0 Å². The first-order valence-electron chi connectivity index (χ1n) is 18.0. The van der Waals surface area contributed by atoms with Gasteiger partial charge in [-0.25, -0.2) is 0 Å². The lowest BCUT2D eigenvalue weighted by atomic mass is 9.97. The zero-order chi connectivity index (χ0) is 34.9. The monoisotopic (exact) mass is 693 g/mol. The summed E-state index contributed by atoms with van der Waals surface area (Å²) in [5.41, 5.74) is 9.96. The largest absolute Gasteiger partial charge is 0.455 e. The summed E-state index contributed by atoms with van der Waals surface area (Å²) in [5, 5.41) is 9.75. The van der Waals surface area contributed by atoms with E-state index in [-0.39, 0.29) is 0 Å². The van der Waals surface area contributed by atoms with Crippen molar-refractivity contribution in [2.75, 3.05) is 4.90 Å². The molecule has 0 aliphatic rings. The number of benzene rings is 9. The summed E-state index contributed by atoms with van der Waals surface area (Å²) in [5.74, 6) is 0. The Morgan fingerprint density at radius 1 is 0.377 bits per heavy atom. The number of furan rings is 1. The lowest BCUT2D eigenvalue weighted by Crippen LogP contribution is -2.10. The second kappa shape index (κ2) is 11.9. The SMILES string of the molecule is c1ccc(-c2ccc(N(c3ccc(-c4ccc5c(ccc6ccccc65)c4)cc3)c3cccc4sc5ccc6c7ccccc7oc6c5c34)cc2)cc1. The summed E-state index contributed by atoms with van der Waals surface area (Å²) in [6.07, 6.45) is 0. The maximum absolute atomic E-state index is 6.65. The van der Waals surface area contributed by atoms with Crippen LogP contribution in [-0.2, 0) is 0 Å². The third-order valence-corrected chi connectivity index (χ3v) is 11.8. The van der Waals surface area contributed by atoms with Gasteiger partial charge >= 0.3 is 0 Å². The van der Waals surface area contributed by atoms with E-state index in [2.05, 4.69) is 187 Å². The van der Waals surface area contributed by atoms with Crippen LogP contribution in [0.4, 0.5) is 17.1 Å². The predicted molar refractivity (Wildman–Crippen MR) is 227 cm³/mol. The molecule has 0 amide bonds. The lowest BCUT2D eigenvalue weighted by molar-refractivity contribution is 0.673. The molecular formula is C50H31NOS. The Morgan fingerprint density at radius 2 is 0.981 bits per heavy atom. The van der Waals surface area contributed by atoms with Gasteiger partial charge in [0.25, 0.3) is 0 Å². The fourth-order valence-corrected chi connectivity index (χ4v) is 9.23. The van der Waals surface area contributed by atoms with E-state index in [1.165, 1.54) is 64.0 Å². The van der Waals surface area contributed by atoms with Crippen molar-refractivity contribution in [3.8, 4) is 22.3 Å². The molecule has 0 saturated carbocycles. The number of rotatable bonds is 5. The third-order valence-electron chi connectivity index (χ3n) is 10.7. The predicted octanol–water partition coefficient (Wildman–Crippen LogP) is 15.1. The molecule has 248 valence electrons. The van der Waals surface area contributed by atoms with Gasteiger partial charge in [0.1, 0.15) is 11.2 Å². The van der Waals surface area contributed by atoms with E-state index in [1.807, 2.05) is 17.4 Å². The molecule has 3 heteroatoms. The summed E-state index contributed by atoms with van der Waals surface area (Å²) >= 11 is 1.82. The first-order valence-corrected chi connectivity index (χ1v) is 18.8. The van der Waals surface area contributed by atoms with E-state index in [0.29, 0.717) is 0 Å². The standard InChI is InChI=1S/C50H31NOS/c1-2-9-32(10-3-1)33-19-24-38(25-20-33)51(39-26-21-34(22-27-39)36-23-28-41-37(31-36)18-17-35-11-4-5-12-40(35)41)44-14-8-16-46-48(44)49-47(53-46)30-29-43-42-13-6-7-15-45(42)52-50(43)49/h1-31H. The molecule has 0 N–H and O–H groups in total. The Hall–Kier alpha value is -6.68. The number of hydrogen-bond donors (Lipinski definition) is 0. The fourth-order valence-electron chi connectivity index (χ4n) is 8.11. The molecule has 0 unspecified atom stereocenters. The average molecular weight is 694 g/mol. The molecule has 9 aromatic carbocycles. The van der Waals surface area contributed by atoms with Gasteiger partial charge in [-0.15, -0.1) is 11.3 Å². The highest BCUT2D eigenvalue weighted by Gasteiger charge is 2.22. The second-order valence-electron chi connectivity index (χ2n) is 13.7. The van der Waals surface area contributed by atoms with Crippen LogP contribution in [0.3, 0.4) is 0 Å². The van der Waals surface area contributed by atoms with E-state index in [0.717, 1.165) is 39.0 Å². The van der Waals surface area contributed by atoms with Crippen molar-refractivity contribution in [1.29, 1.82) is 0 Å². The molecule has 0 atom stereocenters. The van der Waals surface area contributed by atoms with Crippen LogP contribution in [0.2, 0.25) is 0 Å². The molecule has 0 bridgehead atoms. The fraction of sp³-hybridized carbons (Fsp3) is 0. The maximum atomic E-state index is 6.65. The van der Waals surface area contributed by atoms with Crippen LogP contribution in [0.15, 0.2) is 192 Å². The Labute approximate surface area is 310 Å². The normalized spacial score (nSPS) is 11.8. The van der Waals surface area contributed by atoms with Gasteiger partial charge in [0, 0.05) is 42.3 Å². The Bertz CT molecular complexity index is 3150. The summed E-state index contributed by atoms with van der Waals surface area (Å²) in [6.45, 7) is 0. The van der Waals surface area contributed by atoms with E-state index < -0.39 is 0 Å². The highest BCUT2D eigenvalue weighted by Crippen LogP contribution is 2.48. The summed E-state index contributed by atoms with van der Waals surface area (Å²) in [4.78, 5) is 2.40. The van der Waals surface area contributed by atoms with Crippen LogP contribution in [0.5, 0.6) is 0 Å². The van der Waals surface area contributed by atoms with Crippen molar-refractivity contribution >= 4 is 92.1 Å². The molecule has 0 aliphatic carbocycles. The van der Waals surface area contributed by atoms with Crippen molar-refractivity contribution in [2.45, 2.75) is 0 Å². The minimum atomic E-state index is 0.914. The van der Waals surface area contributed by atoms with Gasteiger partial charge in [-0.1, -0.05) is 127 Å².